The quantitative estimate of drug-likeness (QED) is 0.533. The van der Waals surface area contributed by atoms with Crippen molar-refractivity contribution in [3.05, 3.63) is 47.7 Å². The van der Waals surface area contributed by atoms with Crippen molar-refractivity contribution in [2.24, 2.45) is 0 Å². The number of carbonyl (C=O) groups excluding carboxylic acids is 1. The van der Waals surface area contributed by atoms with Crippen molar-refractivity contribution in [1.82, 2.24) is 19.3 Å². The van der Waals surface area contributed by atoms with Crippen LogP contribution in [0.1, 0.15) is 18.7 Å². The number of aryl methyl sites for hydroxylation is 1. The van der Waals surface area contributed by atoms with Crippen LogP contribution >= 0.6 is 11.3 Å². The zero-order valence-corrected chi connectivity index (χ0v) is 19.4. The second-order valence-electron chi connectivity index (χ2n) is 7.63. The summed E-state index contributed by atoms with van der Waals surface area (Å²) < 4.78 is 32.6. The summed E-state index contributed by atoms with van der Waals surface area (Å²) in [6.07, 6.45) is 1.28. The molecule has 9 nitrogen and oxygen atoms in total. The van der Waals surface area contributed by atoms with Crippen LogP contribution in [-0.2, 0) is 21.2 Å². The Morgan fingerprint density at radius 3 is 2.75 bits per heavy atom. The maximum atomic E-state index is 12.9. The van der Waals surface area contributed by atoms with Gasteiger partial charge in [0.05, 0.1) is 9.77 Å². The van der Waals surface area contributed by atoms with Crippen molar-refractivity contribution in [3.8, 4) is 10.7 Å². The van der Waals surface area contributed by atoms with Crippen LogP contribution in [0.4, 0.5) is 5.69 Å². The van der Waals surface area contributed by atoms with Crippen molar-refractivity contribution in [2.75, 3.05) is 38.5 Å². The maximum Gasteiger partial charge on any atom is 0.243 e. The highest BCUT2D eigenvalue weighted by atomic mass is 32.2. The molecule has 1 aliphatic rings. The van der Waals surface area contributed by atoms with Crippen LogP contribution in [0.5, 0.6) is 0 Å². The largest absolute Gasteiger partial charge is 0.339 e. The van der Waals surface area contributed by atoms with Crippen LogP contribution in [-0.4, -0.2) is 66.9 Å². The number of hydrogen-bond donors (Lipinski definition) is 1. The number of nitrogens with zero attached hydrogens (tertiary/aromatic N) is 4. The average Bonchev–Trinajstić information content (AvgIpc) is 3.46. The zero-order valence-electron chi connectivity index (χ0n) is 17.7. The highest BCUT2D eigenvalue weighted by molar-refractivity contribution is 7.89. The van der Waals surface area contributed by atoms with Gasteiger partial charge in [-0.3, -0.25) is 4.79 Å². The van der Waals surface area contributed by atoms with E-state index in [0.717, 1.165) is 4.88 Å². The minimum Gasteiger partial charge on any atom is -0.339 e. The summed E-state index contributed by atoms with van der Waals surface area (Å²) in [5.74, 6) is 0.844. The van der Waals surface area contributed by atoms with Gasteiger partial charge in [0, 0.05) is 44.7 Å². The van der Waals surface area contributed by atoms with Crippen molar-refractivity contribution in [3.63, 3.8) is 0 Å². The Hall–Kier alpha value is -2.60. The number of piperazine rings is 1. The number of sulfonamides is 1. The first kappa shape index (κ1) is 22.6. The minimum absolute atomic E-state index is 0.187. The lowest BCUT2D eigenvalue weighted by atomic mass is 10.2. The van der Waals surface area contributed by atoms with Gasteiger partial charge in [-0.15, -0.1) is 11.3 Å². The molecule has 1 saturated heterocycles. The molecule has 3 aromatic rings. The summed E-state index contributed by atoms with van der Waals surface area (Å²) in [5.41, 5.74) is 0.461. The van der Waals surface area contributed by atoms with E-state index in [-0.39, 0.29) is 17.2 Å². The van der Waals surface area contributed by atoms with E-state index in [2.05, 4.69) is 20.4 Å². The number of likely N-dealkylation sites (N-methyl/N-ethyl adjacent to an activating group) is 1. The van der Waals surface area contributed by atoms with Gasteiger partial charge in [-0.2, -0.15) is 9.29 Å². The number of hydrogen-bond acceptors (Lipinski definition) is 8. The monoisotopic (exact) mass is 475 g/mol. The molecule has 1 N–H and O–H groups in total. The third-order valence-corrected chi connectivity index (χ3v) is 7.98. The molecule has 1 aliphatic heterocycles. The van der Waals surface area contributed by atoms with Gasteiger partial charge in [0.15, 0.2) is 0 Å². The Kier molecular flexibility index (Phi) is 6.99. The molecule has 0 atom stereocenters. The fourth-order valence-electron chi connectivity index (χ4n) is 3.40. The maximum absolute atomic E-state index is 12.9. The molecule has 1 amide bonds. The summed E-state index contributed by atoms with van der Waals surface area (Å²) in [5, 5.41) is 8.69. The van der Waals surface area contributed by atoms with Crippen LogP contribution in [0.25, 0.3) is 10.7 Å². The lowest BCUT2D eigenvalue weighted by Crippen LogP contribution is -2.47. The SMILES string of the molecule is CN1CCN(S(=O)(=O)c2cccc(NC(=O)CCCc3nc(-c4cccs4)no3)c2)CC1. The predicted octanol–water partition coefficient (Wildman–Crippen LogP) is 2.70. The fourth-order valence-corrected chi connectivity index (χ4v) is 5.52. The molecule has 2 aromatic heterocycles. The van der Waals surface area contributed by atoms with E-state index < -0.39 is 10.0 Å². The molecule has 3 heterocycles. The molecule has 0 spiro atoms. The fraction of sp³-hybridized carbons (Fsp3) is 0.381. The Labute approximate surface area is 191 Å². The third kappa shape index (κ3) is 5.41. The van der Waals surface area contributed by atoms with Gasteiger partial charge in [0.2, 0.25) is 27.6 Å². The van der Waals surface area contributed by atoms with Crippen molar-refractivity contribution < 1.29 is 17.7 Å². The van der Waals surface area contributed by atoms with Crippen LogP contribution in [0.3, 0.4) is 0 Å². The molecular formula is C21H25N5O4S2. The first-order valence-electron chi connectivity index (χ1n) is 10.4. The van der Waals surface area contributed by atoms with Gasteiger partial charge >= 0.3 is 0 Å². The molecular weight excluding hydrogens is 450 g/mol. The molecule has 170 valence electrons. The highest BCUT2D eigenvalue weighted by Gasteiger charge is 2.27. The molecule has 0 radical (unpaired) electrons. The number of thiophene rings is 1. The first-order valence-corrected chi connectivity index (χ1v) is 12.7. The van der Waals surface area contributed by atoms with Gasteiger partial charge < -0.3 is 14.7 Å². The van der Waals surface area contributed by atoms with Gasteiger partial charge in [-0.05, 0) is 43.1 Å². The first-order chi connectivity index (χ1) is 15.4. The second-order valence-corrected chi connectivity index (χ2v) is 10.5. The summed E-state index contributed by atoms with van der Waals surface area (Å²) in [4.78, 5) is 19.9. The van der Waals surface area contributed by atoms with Crippen molar-refractivity contribution >= 4 is 33.0 Å². The highest BCUT2D eigenvalue weighted by Crippen LogP contribution is 2.22. The topological polar surface area (TPSA) is 109 Å². The van der Waals surface area contributed by atoms with E-state index in [1.165, 1.54) is 21.7 Å². The molecule has 32 heavy (non-hydrogen) atoms. The summed E-state index contributed by atoms with van der Waals surface area (Å²) in [6, 6.07) is 10.2. The molecule has 4 rings (SSSR count). The van der Waals surface area contributed by atoms with E-state index >= 15 is 0 Å². The Bertz CT molecular complexity index is 1150. The van der Waals surface area contributed by atoms with Gasteiger partial charge in [0.25, 0.3) is 0 Å². The lowest BCUT2D eigenvalue weighted by Gasteiger charge is -2.31. The molecule has 0 bridgehead atoms. The van der Waals surface area contributed by atoms with E-state index in [9.17, 15) is 13.2 Å². The van der Waals surface area contributed by atoms with Crippen molar-refractivity contribution in [1.29, 1.82) is 0 Å². The smallest absolute Gasteiger partial charge is 0.243 e. The number of aromatic nitrogens is 2. The second kappa shape index (κ2) is 9.90. The zero-order chi connectivity index (χ0) is 22.6. The Morgan fingerprint density at radius 2 is 2.00 bits per heavy atom. The standard InChI is InChI=1S/C21H25N5O4S2/c1-25-10-12-26(13-11-25)32(28,29)17-6-2-5-16(15-17)22-19(27)8-3-9-20-23-21(24-30-20)18-7-4-14-31-18/h2,4-7,14-15H,3,8-13H2,1H3,(H,22,27). The minimum atomic E-state index is -3.58. The van der Waals surface area contributed by atoms with Crippen LogP contribution in [0.15, 0.2) is 51.2 Å². The lowest BCUT2D eigenvalue weighted by molar-refractivity contribution is -0.116. The normalized spacial score (nSPS) is 15.7. The predicted molar refractivity (Wildman–Crippen MR) is 122 cm³/mol. The number of amides is 1. The van der Waals surface area contributed by atoms with Crippen LogP contribution in [0.2, 0.25) is 0 Å². The molecule has 0 aliphatic carbocycles. The number of nitrogens with one attached hydrogen (secondary N) is 1. The number of rotatable bonds is 8. The Morgan fingerprint density at radius 1 is 1.19 bits per heavy atom. The van der Waals surface area contributed by atoms with E-state index in [1.807, 2.05) is 24.6 Å². The summed E-state index contributed by atoms with van der Waals surface area (Å²) in [7, 11) is -1.61. The van der Waals surface area contributed by atoms with Gasteiger partial charge in [-0.25, -0.2) is 8.42 Å². The summed E-state index contributed by atoms with van der Waals surface area (Å²) in [6.45, 7) is 2.31. The van der Waals surface area contributed by atoms with E-state index in [0.29, 0.717) is 56.4 Å². The van der Waals surface area contributed by atoms with Crippen molar-refractivity contribution in [2.45, 2.75) is 24.2 Å². The van der Waals surface area contributed by atoms with E-state index in [4.69, 9.17) is 4.52 Å². The summed E-state index contributed by atoms with van der Waals surface area (Å²) >= 11 is 1.53. The van der Waals surface area contributed by atoms with Gasteiger partial charge in [0.1, 0.15) is 0 Å². The third-order valence-electron chi connectivity index (χ3n) is 5.22. The molecule has 0 saturated carbocycles. The number of anilines is 1. The Balaban J connectivity index is 1.30. The average molecular weight is 476 g/mol. The van der Waals surface area contributed by atoms with E-state index in [1.54, 1.807) is 18.2 Å². The van der Waals surface area contributed by atoms with Gasteiger partial charge in [-0.1, -0.05) is 17.3 Å². The molecule has 0 unspecified atom stereocenters. The van der Waals surface area contributed by atoms with Crippen LogP contribution < -0.4 is 5.32 Å². The molecule has 1 fully saturated rings. The number of carbonyl (C=O) groups is 1. The number of benzene rings is 1. The molecule has 11 heteroatoms. The molecule has 1 aromatic carbocycles. The van der Waals surface area contributed by atoms with Crippen LogP contribution in [0, 0.1) is 0 Å².